The van der Waals surface area contributed by atoms with Crippen LogP contribution in [0, 0.1) is 5.92 Å². The number of hydrogen-bond donors (Lipinski definition) is 1. The monoisotopic (exact) mass is 382 g/mol. The van der Waals surface area contributed by atoms with Crippen LogP contribution in [0.3, 0.4) is 0 Å². The lowest BCUT2D eigenvalue weighted by Crippen LogP contribution is -2.45. The van der Waals surface area contributed by atoms with Gasteiger partial charge in [0, 0.05) is 24.7 Å². The van der Waals surface area contributed by atoms with Crippen LogP contribution >= 0.6 is 12.4 Å². The minimum atomic E-state index is 0. The zero-order valence-electron chi connectivity index (χ0n) is 16.0. The van der Waals surface area contributed by atoms with E-state index in [9.17, 15) is 4.79 Å². The number of piperidine rings is 1. The maximum atomic E-state index is 12.8. The molecule has 0 unspecified atom stereocenters. The molecule has 1 aliphatic carbocycles. The summed E-state index contributed by atoms with van der Waals surface area (Å²) in [6.45, 7) is 6.72. The Balaban J connectivity index is 0.00000243. The van der Waals surface area contributed by atoms with Crippen molar-refractivity contribution in [1.82, 2.24) is 10.2 Å². The van der Waals surface area contributed by atoms with Crippen molar-refractivity contribution in [1.29, 1.82) is 0 Å². The first kappa shape index (κ1) is 20.8. The molecule has 1 N–H and O–H groups in total. The predicted molar refractivity (Wildman–Crippen MR) is 106 cm³/mol. The first-order valence-corrected chi connectivity index (χ1v) is 9.44. The van der Waals surface area contributed by atoms with Gasteiger partial charge in [-0.25, -0.2) is 0 Å². The van der Waals surface area contributed by atoms with E-state index in [0.717, 1.165) is 38.4 Å². The molecule has 1 saturated heterocycles. The summed E-state index contributed by atoms with van der Waals surface area (Å²) in [5.41, 5.74) is 0.664. The fraction of sp³-hybridized carbons (Fsp3) is 0.650. The molecule has 0 radical (unpaired) electrons. The number of nitrogens with zero attached hydrogens (tertiary/aromatic N) is 1. The zero-order valence-corrected chi connectivity index (χ0v) is 16.8. The Bertz CT molecular complexity index is 597. The highest BCUT2D eigenvalue weighted by molar-refractivity contribution is 5.95. The van der Waals surface area contributed by atoms with Crippen molar-refractivity contribution in [2.75, 3.05) is 26.7 Å². The average molecular weight is 383 g/mol. The van der Waals surface area contributed by atoms with Crippen LogP contribution in [-0.4, -0.2) is 49.7 Å². The molecule has 6 heteroatoms. The molecule has 1 aliphatic heterocycles. The van der Waals surface area contributed by atoms with Crippen LogP contribution in [0.4, 0.5) is 0 Å². The van der Waals surface area contributed by atoms with Gasteiger partial charge in [-0.05, 0) is 70.2 Å². The molecule has 0 aromatic heterocycles. The van der Waals surface area contributed by atoms with Crippen LogP contribution < -0.4 is 14.8 Å². The maximum Gasteiger partial charge on any atom is 0.253 e. The number of methoxy groups -OCH3 is 1. The average Bonchev–Trinajstić information content (AvgIpc) is 3.44. The Morgan fingerprint density at radius 3 is 2.46 bits per heavy atom. The van der Waals surface area contributed by atoms with Crippen LogP contribution in [-0.2, 0) is 0 Å². The molecule has 1 amide bonds. The second-order valence-corrected chi connectivity index (χ2v) is 7.45. The lowest BCUT2D eigenvalue weighted by molar-refractivity contribution is 0.0704. The number of amides is 1. The van der Waals surface area contributed by atoms with E-state index in [1.807, 2.05) is 30.9 Å². The van der Waals surface area contributed by atoms with Gasteiger partial charge in [0.25, 0.3) is 5.91 Å². The Morgan fingerprint density at radius 2 is 1.88 bits per heavy atom. The summed E-state index contributed by atoms with van der Waals surface area (Å²) in [5, 5.41) is 3.65. The van der Waals surface area contributed by atoms with Crippen molar-refractivity contribution in [2.24, 2.45) is 5.92 Å². The van der Waals surface area contributed by atoms with E-state index < -0.39 is 0 Å². The third-order valence-corrected chi connectivity index (χ3v) is 4.95. The van der Waals surface area contributed by atoms with Gasteiger partial charge in [-0.2, -0.15) is 0 Å². The van der Waals surface area contributed by atoms with Gasteiger partial charge in [0.1, 0.15) is 0 Å². The molecule has 2 fully saturated rings. The summed E-state index contributed by atoms with van der Waals surface area (Å²) >= 11 is 0. The highest BCUT2D eigenvalue weighted by Crippen LogP contribution is 2.30. The van der Waals surface area contributed by atoms with Crippen molar-refractivity contribution in [3.05, 3.63) is 23.8 Å². The first-order valence-electron chi connectivity index (χ1n) is 9.44. The molecule has 26 heavy (non-hydrogen) atoms. The summed E-state index contributed by atoms with van der Waals surface area (Å²) in [7, 11) is 1.60. The van der Waals surface area contributed by atoms with E-state index in [2.05, 4.69) is 5.32 Å². The molecule has 1 heterocycles. The second kappa shape index (κ2) is 9.47. The molecule has 1 aromatic carbocycles. The molecule has 2 aliphatic rings. The Hall–Kier alpha value is -1.46. The van der Waals surface area contributed by atoms with E-state index in [1.165, 1.54) is 12.8 Å². The molecule has 3 rings (SSSR count). The van der Waals surface area contributed by atoms with Crippen LogP contribution in [0.1, 0.15) is 49.9 Å². The fourth-order valence-corrected chi connectivity index (χ4v) is 3.28. The van der Waals surface area contributed by atoms with Crippen molar-refractivity contribution in [3.8, 4) is 11.5 Å². The molecule has 5 nitrogen and oxygen atoms in total. The van der Waals surface area contributed by atoms with E-state index in [-0.39, 0.29) is 24.4 Å². The number of hydrogen-bond acceptors (Lipinski definition) is 4. The largest absolute Gasteiger partial charge is 0.493 e. The van der Waals surface area contributed by atoms with E-state index in [1.54, 1.807) is 13.2 Å². The van der Waals surface area contributed by atoms with Crippen LogP contribution in [0.15, 0.2) is 18.2 Å². The number of halogens is 1. The summed E-state index contributed by atoms with van der Waals surface area (Å²) in [5.74, 6) is 2.27. The summed E-state index contributed by atoms with van der Waals surface area (Å²) in [6, 6.07) is 6.01. The zero-order chi connectivity index (χ0) is 17.8. The van der Waals surface area contributed by atoms with Gasteiger partial charge in [-0.3, -0.25) is 4.79 Å². The topological polar surface area (TPSA) is 50.8 Å². The highest BCUT2D eigenvalue weighted by Gasteiger charge is 2.26. The van der Waals surface area contributed by atoms with Gasteiger partial charge in [0.15, 0.2) is 11.5 Å². The van der Waals surface area contributed by atoms with Crippen LogP contribution in [0.25, 0.3) is 0 Å². The van der Waals surface area contributed by atoms with E-state index in [0.29, 0.717) is 23.1 Å². The standard InChI is InChI=1S/C20H30N2O3.ClH/c1-14(2)25-18-7-6-16(12-19(18)24-3)20(23)22-10-8-17(9-11-22)21-13-15-4-5-15;/h6-7,12,14-15,17,21H,4-5,8-11,13H2,1-3H3;1H. The van der Waals surface area contributed by atoms with Gasteiger partial charge in [0.05, 0.1) is 13.2 Å². The van der Waals surface area contributed by atoms with Crippen molar-refractivity contribution in [2.45, 2.75) is 51.7 Å². The molecule has 0 spiro atoms. The number of rotatable bonds is 7. The lowest BCUT2D eigenvalue weighted by Gasteiger charge is -2.32. The van der Waals surface area contributed by atoms with Gasteiger partial charge >= 0.3 is 0 Å². The van der Waals surface area contributed by atoms with Crippen molar-refractivity contribution >= 4 is 18.3 Å². The smallest absolute Gasteiger partial charge is 0.253 e. The fourth-order valence-electron chi connectivity index (χ4n) is 3.28. The van der Waals surface area contributed by atoms with E-state index >= 15 is 0 Å². The molecule has 0 atom stereocenters. The number of nitrogens with one attached hydrogen (secondary N) is 1. The quantitative estimate of drug-likeness (QED) is 0.784. The maximum absolute atomic E-state index is 12.8. The number of carbonyl (C=O) groups is 1. The summed E-state index contributed by atoms with van der Waals surface area (Å²) < 4.78 is 11.1. The minimum absolute atomic E-state index is 0. The molecular weight excluding hydrogens is 352 g/mol. The number of carbonyl (C=O) groups excluding carboxylic acids is 1. The Labute approximate surface area is 162 Å². The van der Waals surface area contributed by atoms with Crippen molar-refractivity contribution < 1.29 is 14.3 Å². The molecule has 146 valence electrons. The van der Waals surface area contributed by atoms with Gasteiger partial charge in [-0.1, -0.05) is 0 Å². The lowest BCUT2D eigenvalue weighted by atomic mass is 10.0. The van der Waals surface area contributed by atoms with E-state index in [4.69, 9.17) is 9.47 Å². The third kappa shape index (κ3) is 5.52. The Morgan fingerprint density at radius 1 is 1.19 bits per heavy atom. The molecule has 1 saturated carbocycles. The summed E-state index contributed by atoms with van der Waals surface area (Å²) in [6.07, 6.45) is 4.89. The van der Waals surface area contributed by atoms with Crippen LogP contribution in [0.2, 0.25) is 0 Å². The van der Waals surface area contributed by atoms with Gasteiger partial charge < -0.3 is 19.7 Å². The van der Waals surface area contributed by atoms with Crippen molar-refractivity contribution in [3.63, 3.8) is 0 Å². The van der Waals surface area contributed by atoms with Gasteiger partial charge in [-0.15, -0.1) is 12.4 Å². The Kier molecular flexibility index (Phi) is 7.59. The molecule has 1 aromatic rings. The third-order valence-electron chi connectivity index (χ3n) is 4.95. The second-order valence-electron chi connectivity index (χ2n) is 7.45. The summed E-state index contributed by atoms with van der Waals surface area (Å²) in [4.78, 5) is 14.7. The predicted octanol–water partition coefficient (Wildman–Crippen LogP) is 3.51. The van der Waals surface area contributed by atoms with Gasteiger partial charge in [0.2, 0.25) is 0 Å². The normalized spacial score (nSPS) is 17.8. The molecule has 0 bridgehead atoms. The number of likely N-dealkylation sites (tertiary alicyclic amines) is 1. The number of ether oxygens (including phenoxy) is 2. The minimum Gasteiger partial charge on any atom is -0.493 e. The highest BCUT2D eigenvalue weighted by atomic mass is 35.5. The van der Waals surface area contributed by atoms with Crippen LogP contribution in [0.5, 0.6) is 11.5 Å². The SMILES string of the molecule is COc1cc(C(=O)N2CCC(NCC3CC3)CC2)ccc1OC(C)C.Cl. The first-order chi connectivity index (χ1) is 12.1. The number of benzene rings is 1. The molecular formula is C20H31ClN2O3.